The van der Waals surface area contributed by atoms with Crippen molar-refractivity contribution in [2.24, 2.45) is 5.92 Å². The standard InChI is InChI=1S/C27H30N2O6/c1-27(16-10-11-16,25(32)28-14-17-12-13-23(35-17)24(30)31)29-26(33)34-15-22-20-8-4-2-6-18(20)19-7-3-5-9-21(19)22/h2-9,16-17,22-23H,10-15H2,1H3,(H,28,32)(H,29,33)(H,30,31). The lowest BCUT2D eigenvalue weighted by atomic mass is 9.94. The zero-order chi connectivity index (χ0) is 24.6. The van der Waals surface area contributed by atoms with E-state index in [0.717, 1.165) is 35.1 Å². The average molecular weight is 479 g/mol. The predicted molar refractivity (Wildman–Crippen MR) is 128 cm³/mol. The summed E-state index contributed by atoms with van der Waals surface area (Å²) in [5.41, 5.74) is 3.45. The van der Waals surface area contributed by atoms with Gasteiger partial charge in [-0.15, -0.1) is 0 Å². The third kappa shape index (κ3) is 4.62. The summed E-state index contributed by atoms with van der Waals surface area (Å²) in [5.74, 6) is -1.33. The zero-order valence-corrected chi connectivity index (χ0v) is 19.7. The van der Waals surface area contributed by atoms with Crippen molar-refractivity contribution >= 4 is 18.0 Å². The number of carboxylic acid groups (broad SMARTS) is 1. The van der Waals surface area contributed by atoms with E-state index in [1.54, 1.807) is 6.92 Å². The van der Waals surface area contributed by atoms with Gasteiger partial charge in [0.25, 0.3) is 0 Å². The van der Waals surface area contributed by atoms with E-state index in [1.807, 2.05) is 24.3 Å². The maximum atomic E-state index is 13.1. The van der Waals surface area contributed by atoms with Gasteiger partial charge in [0, 0.05) is 12.5 Å². The number of fused-ring (bicyclic) bond motifs is 3. The summed E-state index contributed by atoms with van der Waals surface area (Å²) in [6, 6.07) is 16.3. The molecule has 35 heavy (non-hydrogen) atoms. The van der Waals surface area contributed by atoms with Gasteiger partial charge in [-0.05, 0) is 60.8 Å². The number of benzene rings is 2. The number of hydrogen-bond acceptors (Lipinski definition) is 5. The molecule has 1 saturated heterocycles. The van der Waals surface area contributed by atoms with E-state index in [0.29, 0.717) is 12.8 Å². The van der Waals surface area contributed by atoms with E-state index in [4.69, 9.17) is 14.6 Å². The lowest BCUT2D eigenvalue weighted by molar-refractivity contribution is -0.149. The monoisotopic (exact) mass is 478 g/mol. The molecule has 1 saturated carbocycles. The fourth-order valence-electron chi connectivity index (χ4n) is 5.28. The largest absolute Gasteiger partial charge is 0.479 e. The van der Waals surface area contributed by atoms with Crippen LogP contribution in [-0.4, -0.2) is 54.0 Å². The SMILES string of the molecule is CC(NC(=O)OCC1c2ccccc2-c2ccccc21)(C(=O)NCC1CCC(C(=O)O)O1)C1CC1. The van der Waals surface area contributed by atoms with Gasteiger partial charge in [0.2, 0.25) is 5.91 Å². The Hall–Kier alpha value is -3.39. The van der Waals surface area contributed by atoms with Crippen molar-refractivity contribution in [3.05, 3.63) is 59.7 Å². The number of carbonyl (C=O) groups is 3. The van der Waals surface area contributed by atoms with Gasteiger partial charge < -0.3 is 25.2 Å². The molecule has 0 radical (unpaired) electrons. The fourth-order valence-corrected chi connectivity index (χ4v) is 5.28. The van der Waals surface area contributed by atoms with Gasteiger partial charge in [-0.25, -0.2) is 9.59 Å². The first kappa shape index (κ1) is 23.4. The number of ether oxygens (including phenoxy) is 2. The second-order valence-corrected chi connectivity index (χ2v) is 9.80. The van der Waals surface area contributed by atoms with Crippen molar-refractivity contribution in [2.75, 3.05) is 13.2 Å². The minimum Gasteiger partial charge on any atom is -0.479 e. The van der Waals surface area contributed by atoms with Gasteiger partial charge in [-0.3, -0.25) is 4.79 Å². The van der Waals surface area contributed by atoms with Crippen LogP contribution in [0, 0.1) is 5.92 Å². The topological polar surface area (TPSA) is 114 Å². The van der Waals surface area contributed by atoms with Crippen LogP contribution in [0.1, 0.15) is 49.7 Å². The summed E-state index contributed by atoms with van der Waals surface area (Å²) in [6.07, 6.45) is 0.872. The number of carbonyl (C=O) groups excluding carboxylic acids is 2. The van der Waals surface area contributed by atoms with Crippen LogP contribution in [0.25, 0.3) is 11.1 Å². The minimum atomic E-state index is -1.10. The molecule has 2 aromatic rings. The first-order chi connectivity index (χ1) is 16.9. The predicted octanol–water partition coefficient (Wildman–Crippen LogP) is 3.44. The zero-order valence-electron chi connectivity index (χ0n) is 19.7. The Morgan fingerprint density at radius 1 is 1.00 bits per heavy atom. The van der Waals surface area contributed by atoms with Crippen LogP contribution in [0.15, 0.2) is 48.5 Å². The summed E-state index contributed by atoms with van der Waals surface area (Å²) < 4.78 is 11.1. The van der Waals surface area contributed by atoms with Crippen molar-refractivity contribution in [3.63, 3.8) is 0 Å². The van der Waals surface area contributed by atoms with Gasteiger partial charge in [0.15, 0.2) is 6.10 Å². The van der Waals surface area contributed by atoms with Crippen LogP contribution in [0.4, 0.5) is 4.79 Å². The summed E-state index contributed by atoms with van der Waals surface area (Å²) >= 11 is 0. The van der Waals surface area contributed by atoms with Crippen LogP contribution >= 0.6 is 0 Å². The summed E-state index contributed by atoms with van der Waals surface area (Å²) in [6.45, 7) is 2.10. The van der Waals surface area contributed by atoms with Gasteiger partial charge >= 0.3 is 12.1 Å². The Bertz CT molecular complexity index is 1100. The number of nitrogens with one attached hydrogen (secondary N) is 2. The van der Waals surface area contributed by atoms with E-state index in [2.05, 4.69) is 34.9 Å². The van der Waals surface area contributed by atoms with Gasteiger partial charge in [-0.2, -0.15) is 0 Å². The molecule has 184 valence electrons. The molecule has 3 aliphatic rings. The Balaban J connectivity index is 1.20. The quantitative estimate of drug-likeness (QED) is 0.536. The van der Waals surface area contributed by atoms with Gasteiger partial charge in [0.1, 0.15) is 12.1 Å². The molecule has 2 fully saturated rings. The fraction of sp³-hybridized carbons (Fsp3) is 0.444. The van der Waals surface area contributed by atoms with Crippen LogP contribution < -0.4 is 10.6 Å². The first-order valence-electron chi connectivity index (χ1n) is 12.2. The molecule has 0 bridgehead atoms. The van der Waals surface area contributed by atoms with E-state index >= 15 is 0 Å². The molecule has 3 atom stereocenters. The number of amides is 2. The minimum absolute atomic E-state index is 0.0271. The number of carboxylic acids is 1. The highest BCUT2D eigenvalue weighted by Gasteiger charge is 2.49. The molecule has 2 aliphatic carbocycles. The highest BCUT2D eigenvalue weighted by atomic mass is 16.5. The molecule has 3 N–H and O–H groups in total. The average Bonchev–Trinajstić information content (AvgIpc) is 3.53. The third-order valence-electron chi connectivity index (χ3n) is 7.44. The molecule has 8 heteroatoms. The number of alkyl carbamates (subject to hydrolysis) is 1. The molecular weight excluding hydrogens is 448 g/mol. The summed E-state index contributed by atoms with van der Waals surface area (Å²) in [5, 5.41) is 14.8. The Kier molecular flexibility index (Phi) is 6.23. The lowest BCUT2D eigenvalue weighted by Gasteiger charge is -2.30. The molecule has 2 aromatic carbocycles. The molecule has 0 spiro atoms. The van der Waals surface area contributed by atoms with Gasteiger partial charge in [-0.1, -0.05) is 48.5 Å². The summed E-state index contributed by atoms with van der Waals surface area (Å²) in [4.78, 5) is 37.0. The Morgan fingerprint density at radius 2 is 1.63 bits per heavy atom. The van der Waals surface area contributed by atoms with Crippen molar-refractivity contribution in [1.29, 1.82) is 0 Å². The number of aliphatic carboxylic acids is 1. The molecule has 3 unspecified atom stereocenters. The second kappa shape index (κ2) is 9.34. The smallest absolute Gasteiger partial charge is 0.408 e. The van der Waals surface area contributed by atoms with Crippen LogP contribution in [0.3, 0.4) is 0 Å². The third-order valence-corrected chi connectivity index (χ3v) is 7.44. The molecule has 2 amide bonds. The van der Waals surface area contributed by atoms with E-state index in [-0.39, 0.29) is 37.0 Å². The first-order valence-corrected chi connectivity index (χ1v) is 12.2. The molecule has 5 rings (SSSR count). The Labute approximate surface area is 204 Å². The van der Waals surface area contributed by atoms with Crippen molar-refractivity contribution in [1.82, 2.24) is 10.6 Å². The second-order valence-electron chi connectivity index (χ2n) is 9.80. The Morgan fingerprint density at radius 3 is 2.20 bits per heavy atom. The molecule has 1 aliphatic heterocycles. The van der Waals surface area contributed by atoms with Crippen molar-refractivity contribution < 1.29 is 29.0 Å². The normalized spacial score (nSPS) is 22.5. The van der Waals surface area contributed by atoms with Gasteiger partial charge in [0.05, 0.1) is 6.10 Å². The number of hydrogen-bond donors (Lipinski definition) is 3. The van der Waals surface area contributed by atoms with E-state index in [1.165, 1.54) is 0 Å². The van der Waals surface area contributed by atoms with Crippen molar-refractivity contribution in [3.8, 4) is 11.1 Å². The van der Waals surface area contributed by atoms with Crippen LogP contribution in [-0.2, 0) is 19.1 Å². The highest BCUT2D eigenvalue weighted by molar-refractivity contribution is 5.90. The van der Waals surface area contributed by atoms with Crippen molar-refractivity contribution in [2.45, 2.75) is 56.3 Å². The van der Waals surface area contributed by atoms with Crippen LogP contribution in [0.5, 0.6) is 0 Å². The molecule has 1 heterocycles. The highest BCUT2D eigenvalue weighted by Crippen LogP contribution is 2.44. The maximum Gasteiger partial charge on any atom is 0.408 e. The molecule has 8 nitrogen and oxygen atoms in total. The number of rotatable bonds is 8. The van der Waals surface area contributed by atoms with E-state index < -0.39 is 23.7 Å². The lowest BCUT2D eigenvalue weighted by Crippen LogP contribution is -2.59. The molecule has 0 aromatic heterocycles. The van der Waals surface area contributed by atoms with E-state index in [9.17, 15) is 14.4 Å². The van der Waals surface area contributed by atoms with Crippen LogP contribution in [0.2, 0.25) is 0 Å². The molecular formula is C27H30N2O6. The maximum absolute atomic E-state index is 13.1. The summed E-state index contributed by atoms with van der Waals surface area (Å²) in [7, 11) is 0.